The lowest BCUT2D eigenvalue weighted by Gasteiger charge is -2.08. The molecular weight excluding hydrogens is 275 g/mol. The second-order valence-electron chi connectivity index (χ2n) is 4.77. The number of carboxylic acid groups (broad SMARTS) is 1. The lowest BCUT2D eigenvalue weighted by molar-refractivity contribution is 0.0696. The summed E-state index contributed by atoms with van der Waals surface area (Å²) in [5, 5.41) is 8.99. The van der Waals surface area contributed by atoms with Gasteiger partial charge in [-0.1, -0.05) is 6.92 Å². The zero-order valence-electron chi connectivity index (χ0n) is 11.7. The van der Waals surface area contributed by atoms with Gasteiger partial charge in [-0.15, -0.1) is 0 Å². The van der Waals surface area contributed by atoms with Crippen molar-refractivity contribution in [1.29, 1.82) is 0 Å². The quantitative estimate of drug-likeness (QED) is 0.906. The minimum atomic E-state index is -1.23. The van der Waals surface area contributed by atoms with Crippen LogP contribution in [0.4, 0.5) is 4.39 Å². The number of aryl methyl sites for hydroxylation is 1. The maximum Gasteiger partial charge on any atom is 0.335 e. The number of hydrogen-bond acceptors (Lipinski definition) is 3. The lowest BCUT2D eigenvalue weighted by atomic mass is 10.0. The number of benzene rings is 1. The van der Waals surface area contributed by atoms with E-state index < -0.39 is 11.8 Å². The molecule has 0 aliphatic heterocycles. The summed E-state index contributed by atoms with van der Waals surface area (Å²) in [5.41, 5.74) is 0.447. The molecule has 1 heterocycles. The highest BCUT2D eigenvalue weighted by molar-refractivity contribution is 5.89. The maximum absolute atomic E-state index is 13.6. The predicted molar refractivity (Wildman–Crippen MR) is 75.9 cm³/mol. The van der Waals surface area contributed by atoms with E-state index in [0.717, 1.165) is 12.5 Å². The molecule has 0 bridgehead atoms. The molecule has 0 aliphatic carbocycles. The molecule has 0 radical (unpaired) electrons. The van der Waals surface area contributed by atoms with Crippen LogP contribution in [0.5, 0.6) is 0 Å². The Kier molecular flexibility index (Phi) is 4.16. The molecule has 0 amide bonds. The van der Waals surface area contributed by atoms with Gasteiger partial charge >= 0.3 is 5.97 Å². The van der Waals surface area contributed by atoms with Crippen LogP contribution in [0.25, 0.3) is 11.3 Å². The Bertz CT molecular complexity index is 753. The number of hydrogen-bond donors (Lipinski definition) is 2. The van der Waals surface area contributed by atoms with Crippen LogP contribution in [-0.2, 0) is 6.42 Å². The van der Waals surface area contributed by atoms with E-state index in [2.05, 4.69) is 9.97 Å². The number of aromatic amines is 1. The number of rotatable bonds is 4. The minimum Gasteiger partial charge on any atom is -0.478 e. The van der Waals surface area contributed by atoms with Crippen molar-refractivity contribution in [2.45, 2.75) is 26.7 Å². The van der Waals surface area contributed by atoms with Gasteiger partial charge in [0.25, 0.3) is 5.56 Å². The minimum absolute atomic E-state index is 0.177. The molecule has 0 saturated carbocycles. The lowest BCUT2D eigenvalue weighted by Crippen LogP contribution is -2.16. The van der Waals surface area contributed by atoms with Crippen molar-refractivity contribution in [3.8, 4) is 11.3 Å². The third kappa shape index (κ3) is 3.16. The Morgan fingerprint density at radius 1 is 1.38 bits per heavy atom. The molecule has 21 heavy (non-hydrogen) atoms. The van der Waals surface area contributed by atoms with Crippen LogP contribution < -0.4 is 5.56 Å². The van der Waals surface area contributed by atoms with Gasteiger partial charge in [-0.2, -0.15) is 0 Å². The molecule has 6 heteroatoms. The predicted octanol–water partition coefficient (Wildman–Crippen LogP) is 2.54. The first-order chi connectivity index (χ1) is 9.92. The molecule has 0 aliphatic rings. The van der Waals surface area contributed by atoms with E-state index in [1.807, 2.05) is 6.92 Å². The van der Waals surface area contributed by atoms with E-state index in [1.54, 1.807) is 6.92 Å². The first kappa shape index (κ1) is 14.9. The molecule has 0 spiro atoms. The number of nitrogens with one attached hydrogen (secondary N) is 1. The van der Waals surface area contributed by atoms with Crippen LogP contribution >= 0.6 is 0 Å². The molecule has 0 fully saturated rings. The van der Waals surface area contributed by atoms with Gasteiger partial charge in [0, 0.05) is 17.5 Å². The number of aromatic nitrogens is 2. The summed E-state index contributed by atoms with van der Waals surface area (Å²) in [5.74, 6) is -1.40. The van der Waals surface area contributed by atoms with Crippen LogP contribution in [-0.4, -0.2) is 21.0 Å². The fourth-order valence-electron chi connectivity index (χ4n) is 2.07. The summed E-state index contributed by atoms with van der Waals surface area (Å²) in [6.45, 7) is 3.52. The SMILES string of the molecule is CCCc1nc(-c2cc(F)cc(C(=O)O)c2)c(C)c(=O)[nH]1. The Morgan fingerprint density at radius 3 is 2.71 bits per heavy atom. The number of H-pyrrole nitrogens is 1. The number of carbonyl (C=O) groups is 1. The maximum atomic E-state index is 13.6. The molecule has 2 N–H and O–H groups in total. The molecule has 0 unspecified atom stereocenters. The molecule has 5 nitrogen and oxygen atoms in total. The first-order valence-corrected chi connectivity index (χ1v) is 6.56. The number of nitrogens with zero attached hydrogens (tertiary/aromatic N) is 1. The van der Waals surface area contributed by atoms with Crippen molar-refractivity contribution < 1.29 is 14.3 Å². The van der Waals surface area contributed by atoms with Crippen molar-refractivity contribution in [3.05, 3.63) is 51.3 Å². The second kappa shape index (κ2) is 5.87. The molecule has 1 aromatic heterocycles. The fraction of sp³-hybridized carbons (Fsp3) is 0.267. The highest BCUT2D eigenvalue weighted by Gasteiger charge is 2.14. The fourth-order valence-corrected chi connectivity index (χ4v) is 2.07. The second-order valence-corrected chi connectivity index (χ2v) is 4.77. The van der Waals surface area contributed by atoms with Crippen molar-refractivity contribution in [2.75, 3.05) is 0 Å². The molecular formula is C15H15FN2O3. The Morgan fingerprint density at radius 2 is 2.10 bits per heavy atom. The van der Waals surface area contributed by atoms with Crippen molar-refractivity contribution in [1.82, 2.24) is 9.97 Å². The molecule has 0 saturated heterocycles. The van der Waals surface area contributed by atoms with Gasteiger partial charge in [0.15, 0.2) is 0 Å². The van der Waals surface area contributed by atoms with Gasteiger partial charge in [-0.05, 0) is 31.5 Å². The van der Waals surface area contributed by atoms with Gasteiger partial charge in [-0.25, -0.2) is 14.2 Å². The Labute approximate surface area is 120 Å². The smallest absolute Gasteiger partial charge is 0.335 e. The summed E-state index contributed by atoms with van der Waals surface area (Å²) in [6.07, 6.45) is 1.39. The summed E-state index contributed by atoms with van der Waals surface area (Å²) in [7, 11) is 0. The summed E-state index contributed by atoms with van der Waals surface area (Å²) < 4.78 is 13.6. The Hall–Kier alpha value is -2.50. The van der Waals surface area contributed by atoms with Gasteiger partial charge in [0.1, 0.15) is 11.6 Å². The highest BCUT2D eigenvalue weighted by atomic mass is 19.1. The average molecular weight is 290 g/mol. The van der Waals surface area contributed by atoms with Crippen LogP contribution in [0, 0.1) is 12.7 Å². The summed E-state index contributed by atoms with van der Waals surface area (Å²) in [6, 6.07) is 3.42. The van der Waals surface area contributed by atoms with Crippen LogP contribution in [0.15, 0.2) is 23.0 Å². The topological polar surface area (TPSA) is 83.0 Å². The molecule has 2 aromatic rings. The van der Waals surface area contributed by atoms with Crippen molar-refractivity contribution >= 4 is 5.97 Å². The van der Waals surface area contributed by atoms with Crippen LogP contribution in [0.1, 0.15) is 35.1 Å². The van der Waals surface area contributed by atoms with Gasteiger partial charge < -0.3 is 10.1 Å². The molecule has 2 rings (SSSR count). The number of carboxylic acids is 1. The van der Waals surface area contributed by atoms with Crippen molar-refractivity contribution in [2.24, 2.45) is 0 Å². The number of aromatic carboxylic acids is 1. The largest absolute Gasteiger partial charge is 0.478 e. The van der Waals surface area contributed by atoms with E-state index in [9.17, 15) is 14.0 Å². The van der Waals surface area contributed by atoms with E-state index in [1.165, 1.54) is 12.1 Å². The standard InChI is InChI=1S/C15H15FN2O3/c1-3-4-12-17-13(8(2)14(19)18-12)9-5-10(15(20)21)7-11(16)6-9/h5-7H,3-4H2,1-2H3,(H,20,21)(H,17,18,19). The van der Waals surface area contributed by atoms with E-state index in [4.69, 9.17) is 5.11 Å². The van der Waals surface area contributed by atoms with E-state index >= 15 is 0 Å². The van der Waals surface area contributed by atoms with Gasteiger partial charge in [0.05, 0.1) is 11.3 Å². The van der Waals surface area contributed by atoms with Crippen LogP contribution in [0.3, 0.4) is 0 Å². The normalized spacial score (nSPS) is 10.6. The zero-order chi connectivity index (χ0) is 15.6. The van der Waals surface area contributed by atoms with E-state index in [0.29, 0.717) is 23.5 Å². The van der Waals surface area contributed by atoms with Crippen molar-refractivity contribution in [3.63, 3.8) is 0 Å². The summed E-state index contributed by atoms with van der Waals surface area (Å²) >= 11 is 0. The highest BCUT2D eigenvalue weighted by Crippen LogP contribution is 2.22. The Balaban J connectivity index is 2.66. The number of halogens is 1. The van der Waals surface area contributed by atoms with Crippen LogP contribution in [0.2, 0.25) is 0 Å². The molecule has 0 atom stereocenters. The third-order valence-electron chi connectivity index (χ3n) is 3.11. The summed E-state index contributed by atoms with van der Waals surface area (Å²) in [4.78, 5) is 29.9. The van der Waals surface area contributed by atoms with Gasteiger partial charge in [-0.3, -0.25) is 4.79 Å². The zero-order valence-corrected chi connectivity index (χ0v) is 11.7. The average Bonchev–Trinajstić information content (AvgIpc) is 2.42. The monoisotopic (exact) mass is 290 g/mol. The third-order valence-corrected chi connectivity index (χ3v) is 3.11. The molecule has 110 valence electrons. The first-order valence-electron chi connectivity index (χ1n) is 6.56. The van der Waals surface area contributed by atoms with Gasteiger partial charge in [0.2, 0.25) is 0 Å². The van der Waals surface area contributed by atoms with E-state index in [-0.39, 0.29) is 16.7 Å². The molecule has 1 aromatic carbocycles.